The lowest BCUT2D eigenvalue weighted by Crippen LogP contribution is -2.18. The molecule has 0 spiro atoms. The maximum absolute atomic E-state index is 10.5. The number of nitrogens with one attached hydrogen (secondary N) is 1. The van der Waals surface area contributed by atoms with Gasteiger partial charge in [0, 0.05) is 12.3 Å². The maximum Gasteiger partial charge on any atom is 0.319 e. The first-order valence-corrected chi connectivity index (χ1v) is 11.8. The molecule has 2 N–H and O–H groups in total. The van der Waals surface area contributed by atoms with Gasteiger partial charge in [-0.2, -0.15) is 8.42 Å². The first-order chi connectivity index (χ1) is 10.6. The molecule has 0 aromatic heterocycles. The predicted molar refractivity (Wildman–Crippen MR) is 98.0 cm³/mol. The fraction of sp³-hybridized carbons (Fsp3) is 1.00. The smallest absolute Gasteiger partial charge is 0.316 e. The Morgan fingerprint density at radius 2 is 1.23 bits per heavy atom. The molecule has 0 saturated heterocycles. The Hall–Kier alpha value is 0.220. The topological polar surface area (TPSA) is 66.4 Å². The fourth-order valence-electron chi connectivity index (χ4n) is 2.44. The number of unbranched alkanes of at least 4 members (excludes halogenated alkanes) is 11. The Balaban J connectivity index is 3.03. The van der Waals surface area contributed by atoms with Crippen molar-refractivity contribution in [2.75, 3.05) is 18.8 Å². The van der Waals surface area contributed by atoms with Gasteiger partial charge in [0.15, 0.2) is 0 Å². The fourth-order valence-corrected chi connectivity index (χ4v) is 3.76. The molecule has 0 atom stereocenters. The van der Waals surface area contributed by atoms with E-state index in [1.165, 1.54) is 70.6 Å². The van der Waals surface area contributed by atoms with Crippen LogP contribution in [0, 0.1) is 0 Å². The SMILES string of the molecule is CCCCCCCCCCCCCCNCCSS(=O)(=O)O. The van der Waals surface area contributed by atoms with Crippen molar-refractivity contribution in [3.8, 4) is 0 Å². The van der Waals surface area contributed by atoms with Gasteiger partial charge in [-0.05, 0) is 23.8 Å². The largest absolute Gasteiger partial charge is 0.319 e. The van der Waals surface area contributed by atoms with E-state index in [0.717, 1.165) is 13.0 Å². The van der Waals surface area contributed by atoms with Crippen molar-refractivity contribution in [3.05, 3.63) is 0 Å². The van der Waals surface area contributed by atoms with Gasteiger partial charge in [-0.3, -0.25) is 4.55 Å². The summed E-state index contributed by atoms with van der Waals surface area (Å²) in [5.41, 5.74) is 0. The third-order valence-electron chi connectivity index (χ3n) is 3.72. The summed E-state index contributed by atoms with van der Waals surface area (Å²) in [6, 6.07) is 0. The van der Waals surface area contributed by atoms with Gasteiger partial charge < -0.3 is 5.32 Å². The highest BCUT2D eigenvalue weighted by Crippen LogP contribution is 2.11. The second-order valence-electron chi connectivity index (χ2n) is 5.89. The van der Waals surface area contributed by atoms with E-state index in [1.807, 2.05) is 0 Å². The molecule has 0 rings (SSSR count). The number of hydrogen-bond donors (Lipinski definition) is 2. The normalized spacial score (nSPS) is 11.9. The summed E-state index contributed by atoms with van der Waals surface area (Å²) in [6.07, 6.45) is 16.1. The van der Waals surface area contributed by atoms with Crippen LogP contribution in [0.5, 0.6) is 0 Å². The molecule has 0 aromatic carbocycles. The van der Waals surface area contributed by atoms with E-state index in [1.54, 1.807) is 0 Å². The average molecular weight is 354 g/mol. The molecular formula is C16H35NO3S2. The predicted octanol–water partition coefficient (Wildman–Crippen LogP) is 4.81. The van der Waals surface area contributed by atoms with Gasteiger partial charge in [0.25, 0.3) is 0 Å². The summed E-state index contributed by atoms with van der Waals surface area (Å²) in [5, 5.41) is 3.20. The van der Waals surface area contributed by atoms with E-state index in [9.17, 15) is 8.42 Å². The Morgan fingerprint density at radius 1 is 0.773 bits per heavy atom. The molecule has 0 amide bonds. The van der Waals surface area contributed by atoms with Gasteiger partial charge >= 0.3 is 9.15 Å². The van der Waals surface area contributed by atoms with Crippen molar-refractivity contribution in [2.45, 2.75) is 84.0 Å². The van der Waals surface area contributed by atoms with Gasteiger partial charge in [-0.25, -0.2) is 0 Å². The molecule has 0 saturated carbocycles. The zero-order valence-corrected chi connectivity index (χ0v) is 15.8. The van der Waals surface area contributed by atoms with Crippen molar-refractivity contribution >= 4 is 19.9 Å². The highest BCUT2D eigenvalue weighted by Gasteiger charge is 2.03. The van der Waals surface area contributed by atoms with Crippen molar-refractivity contribution in [1.82, 2.24) is 5.32 Å². The summed E-state index contributed by atoms with van der Waals surface area (Å²) >= 11 is 0. The minimum Gasteiger partial charge on any atom is -0.316 e. The van der Waals surface area contributed by atoms with E-state index in [4.69, 9.17) is 4.55 Å². The van der Waals surface area contributed by atoms with E-state index < -0.39 is 9.15 Å². The van der Waals surface area contributed by atoms with E-state index in [0.29, 0.717) is 23.1 Å². The van der Waals surface area contributed by atoms with Crippen LogP contribution in [0.15, 0.2) is 0 Å². The molecule has 6 heteroatoms. The molecular weight excluding hydrogens is 318 g/mol. The van der Waals surface area contributed by atoms with Crippen LogP contribution < -0.4 is 5.32 Å². The Morgan fingerprint density at radius 3 is 1.68 bits per heavy atom. The van der Waals surface area contributed by atoms with Crippen LogP contribution in [0.2, 0.25) is 0 Å². The van der Waals surface area contributed by atoms with Crippen LogP contribution >= 0.6 is 10.8 Å². The Kier molecular flexibility index (Phi) is 16.3. The third-order valence-corrected chi connectivity index (χ3v) is 5.78. The Labute approximate surface area is 141 Å². The lowest BCUT2D eigenvalue weighted by Gasteiger charge is -2.04. The molecule has 4 nitrogen and oxygen atoms in total. The van der Waals surface area contributed by atoms with Crippen molar-refractivity contribution in [2.24, 2.45) is 0 Å². The highest BCUT2D eigenvalue weighted by atomic mass is 33.1. The second kappa shape index (κ2) is 16.1. The van der Waals surface area contributed by atoms with Crippen LogP contribution in [0.25, 0.3) is 0 Å². The molecule has 0 aliphatic carbocycles. The van der Waals surface area contributed by atoms with E-state index >= 15 is 0 Å². The first kappa shape index (κ1) is 22.2. The van der Waals surface area contributed by atoms with Crippen LogP contribution in [0.3, 0.4) is 0 Å². The number of rotatable bonds is 17. The molecule has 0 bridgehead atoms. The molecule has 134 valence electrons. The molecule has 22 heavy (non-hydrogen) atoms. The van der Waals surface area contributed by atoms with Crippen LogP contribution in [0.4, 0.5) is 0 Å². The minimum atomic E-state index is -3.87. The Bertz CT molecular complexity index is 321. The molecule has 0 heterocycles. The van der Waals surface area contributed by atoms with Crippen LogP contribution in [0.1, 0.15) is 84.0 Å². The summed E-state index contributed by atoms with van der Waals surface area (Å²) in [6.45, 7) is 3.82. The number of hydrogen-bond acceptors (Lipinski definition) is 4. The zero-order valence-electron chi connectivity index (χ0n) is 14.2. The van der Waals surface area contributed by atoms with E-state index in [-0.39, 0.29) is 0 Å². The van der Waals surface area contributed by atoms with Crippen molar-refractivity contribution < 1.29 is 13.0 Å². The summed E-state index contributed by atoms with van der Waals surface area (Å²) < 4.78 is 29.5. The summed E-state index contributed by atoms with van der Waals surface area (Å²) in [7, 11) is -3.28. The second-order valence-corrected chi connectivity index (χ2v) is 9.36. The lowest BCUT2D eigenvalue weighted by molar-refractivity contribution is 0.503. The first-order valence-electron chi connectivity index (χ1n) is 8.89. The van der Waals surface area contributed by atoms with Gasteiger partial charge in [-0.15, -0.1) is 0 Å². The van der Waals surface area contributed by atoms with Gasteiger partial charge in [0.2, 0.25) is 0 Å². The van der Waals surface area contributed by atoms with E-state index in [2.05, 4.69) is 12.2 Å². The van der Waals surface area contributed by atoms with Crippen molar-refractivity contribution in [3.63, 3.8) is 0 Å². The monoisotopic (exact) mass is 353 g/mol. The standard InChI is InChI=1S/C16H35NO3S2/c1-2-3-4-5-6-7-8-9-10-11-12-13-14-17-15-16-21-22(18,19)20/h17H,2-16H2,1H3,(H,18,19,20). The zero-order chi connectivity index (χ0) is 16.5. The van der Waals surface area contributed by atoms with Crippen molar-refractivity contribution in [1.29, 1.82) is 0 Å². The highest BCUT2D eigenvalue weighted by molar-refractivity contribution is 8.69. The van der Waals surface area contributed by atoms with Crippen LogP contribution in [-0.2, 0) is 9.15 Å². The maximum atomic E-state index is 10.5. The molecule has 0 radical (unpaired) electrons. The quantitative estimate of drug-likeness (QED) is 0.223. The molecule has 0 aromatic rings. The summed E-state index contributed by atoms with van der Waals surface area (Å²) in [4.78, 5) is 0. The molecule has 0 aliphatic heterocycles. The van der Waals surface area contributed by atoms with Gasteiger partial charge in [0.05, 0.1) is 0 Å². The lowest BCUT2D eigenvalue weighted by atomic mass is 10.1. The average Bonchev–Trinajstić information content (AvgIpc) is 2.45. The molecule has 0 fully saturated rings. The minimum absolute atomic E-state index is 0.400. The van der Waals surface area contributed by atoms with Gasteiger partial charge in [-0.1, -0.05) is 77.6 Å². The molecule has 0 unspecified atom stereocenters. The molecule has 0 aliphatic rings. The third kappa shape index (κ3) is 20.2. The van der Waals surface area contributed by atoms with Gasteiger partial charge in [0.1, 0.15) is 0 Å². The summed E-state index contributed by atoms with van der Waals surface area (Å²) in [5.74, 6) is 0.400. The van der Waals surface area contributed by atoms with Crippen LogP contribution in [-0.4, -0.2) is 31.8 Å².